The number of carboxylic acid groups (broad SMARTS) is 1. The second-order valence-electron chi connectivity index (χ2n) is 3.86. The normalized spacial score (nSPS) is 11.8. The number of nitrogens with zero attached hydrogens (tertiary/aromatic N) is 1. The molecule has 0 bridgehead atoms. The molecule has 7 heteroatoms. The molecule has 0 aliphatic rings. The van der Waals surface area contributed by atoms with Gasteiger partial charge in [-0.2, -0.15) is 0 Å². The predicted octanol–water partition coefficient (Wildman–Crippen LogP) is 2.87. The number of pyridine rings is 1. The van der Waals surface area contributed by atoms with Crippen LogP contribution in [0, 0.1) is 5.92 Å². The van der Waals surface area contributed by atoms with Gasteiger partial charge < -0.3 is 9.84 Å². The molecule has 110 valence electrons. The third-order valence-corrected chi connectivity index (χ3v) is 4.72. The van der Waals surface area contributed by atoms with Gasteiger partial charge in [0.1, 0.15) is 5.03 Å². The van der Waals surface area contributed by atoms with Crippen LogP contribution in [0.4, 0.5) is 0 Å². The van der Waals surface area contributed by atoms with E-state index in [4.69, 9.17) is 9.84 Å². The van der Waals surface area contributed by atoms with Crippen molar-refractivity contribution in [2.24, 2.45) is 5.92 Å². The topological polar surface area (TPSA) is 76.5 Å². The lowest BCUT2D eigenvalue weighted by Crippen LogP contribution is -2.26. The molecule has 5 nitrogen and oxygen atoms in total. The van der Waals surface area contributed by atoms with Gasteiger partial charge in [0.15, 0.2) is 5.92 Å². The van der Waals surface area contributed by atoms with Gasteiger partial charge in [-0.15, -0.1) is 0 Å². The third kappa shape index (κ3) is 6.29. The van der Waals surface area contributed by atoms with Crippen molar-refractivity contribution >= 4 is 33.5 Å². The van der Waals surface area contributed by atoms with Crippen molar-refractivity contribution in [3.8, 4) is 0 Å². The Morgan fingerprint density at radius 1 is 1.45 bits per heavy atom. The Bertz CT molecular complexity index is 428. The first-order chi connectivity index (χ1) is 9.65. The van der Waals surface area contributed by atoms with Gasteiger partial charge in [-0.3, -0.25) is 9.59 Å². The molecule has 0 aliphatic carbocycles. The van der Waals surface area contributed by atoms with E-state index in [0.29, 0.717) is 12.8 Å². The number of aromatic nitrogens is 1. The van der Waals surface area contributed by atoms with Crippen LogP contribution in [0.5, 0.6) is 0 Å². The number of carbonyl (C=O) groups is 2. The zero-order valence-corrected chi connectivity index (χ0v) is 12.8. The van der Waals surface area contributed by atoms with Crippen LogP contribution in [0.2, 0.25) is 0 Å². The maximum atomic E-state index is 11.4. The number of hydrogen-bond donors (Lipinski definition) is 1. The monoisotopic (exact) mass is 315 g/mol. The number of hydrogen-bond acceptors (Lipinski definition) is 6. The first-order valence-electron chi connectivity index (χ1n) is 6.25. The highest BCUT2D eigenvalue weighted by molar-refractivity contribution is 8.76. The van der Waals surface area contributed by atoms with Crippen LogP contribution in [0.1, 0.15) is 19.8 Å². The molecule has 1 unspecified atom stereocenters. The minimum Gasteiger partial charge on any atom is -0.481 e. The van der Waals surface area contributed by atoms with Crippen LogP contribution >= 0.6 is 21.6 Å². The zero-order chi connectivity index (χ0) is 14.8. The predicted molar refractivity (Wildman–Crippen MR) is 79.5 cm³/mol. The second-order valence-corrected chi connectivity index (χ2v) is 6.29. The highest BCUT2D eigenvalue weighted by Gasteiger charge is 2.26. The van der Waals surface area contributed by atoms with E-state index in [1.54, 1.807) is 34.7 Å². The third-order valence-electron chi connectivity index (χ3n) is 2.37. The summed E-state index contributed by atoms with van der Waals surface area (Å²) < 4.78 is 4.75. The van der Waals surface area contributed by atoms with E-state index in [-0.39, 0.29) is 6.61 Å². The smallest absolute Gasteiger partial charge is 0.320 e. The van der Waals surface area contributed by atoms with Crippen LogP contribution in [0.3, 0.4) is 0 Å². The minimum absolute atomic E-state index is 0.201. The molecule has 20 heavy (non-hydrogen) atoms. The molecule has 0 saturated heterocycles. The fourth-order valence-electron chi connectivity index (χ4n) is 1.43. The quantitative estimate of drug-likeness (QED) is 0.325. The molecular weight excluding hydrogens is 298 g/mol. The van der Waals surface area contributed by atoms with Crippen LogP contribution in [0.25, 0.3) is 0 Å². The Morgan fingerprint density at radius 2 is 2.25 bits per heavy atom. The molecule has 0 amide bonds. The number of rotatable bonds is 9. The van der Waals surface area contributed by atoms with Gasteiger partial charge >= 0.3 is 11.9 Å². The SMILES string of the molecule is CCOC(=O)C(CCCSSc1ccccn1)C(=O)O. The van der Waals surface area contributed by atoms with Crippen molar-refractivity contribution in [3.05, 3.63) is 24.4 Å². The highest BCUT2D eigenvalue weighted by atomic mass is 33.1. The molecule has 1 aromatic rings. The lowest BCUT2D eigenvalue weighted by Gasteiger charge is -2.10. The van der Waals surface area contributed by atoms with Crippen molar-refractivity contribution in [1.82, 2.24) is 4.98 Å². The van der Waals surface area contributed by atoms with Crippen LogP contribution in [-0.2, 0) is 14.3 Å². The van der Waals surface area contributed by atoms with E-state index in [2.05, 4.69) is 4.98 Å². The van der Waals surface area contributed by atoms with Crippen molar-refractivity contribution < 1.29 is 19.4 Å². The summed E-state index contributed by atoms with van der Waals surface area (Å²) in [6.07, 6.45) is 2.66. The first-order valence-corrected chi connectivity index (χ1v) is 8.57. The summed E-state index contributed by atoms with van der Waals surface area (Å²) in [7, 11) is 3.14. The summed E-state index contributed by atoms with van der Waals surface area (Å²) in [5.74, 6) is -2.08. The van der Waals surface area contributed by atoms with Gasteiger partial charge in [-0.25, -0.2) is 4.98 Å². The molecule has 0 spiro atoms. The van der Waals surface area contributed by atoms with E-state index >= 15 is 0 Å². The van der Waals surface area contributed by atoms with Gasteiger partial charge in [0.2, 0.25) is 0 Å². The molecule has 0 radical (unpaired) electrons. The number of esters is 1. The molecule has 0 saturated carbocycles. The van der Waals surface area contributed by atoms with E-state index in [1.807, 2.05) is 18.2 Å². The Hall–Kier alpha value is -1.21. The van der Waals surface area contributed by atoms with E-state index in [0.717, 1.165) is 10.8 Å². The fraction of sp³-hybridized carbons (Fsp3) is 0.462. The van der Waals surface area contributed by atoms with Gasteiger partial charge in [0.05, 0.1) is 6.61 Å². The maximum Gasteiger partial charge on any atom is 0.320 e. The zero-order valence-electron chi connectivity index (χ0n) is 11.2. The Labute approximate surface area is 125 Å². The van der Waals surface area contributed by atoms with Crippen molar-refractivity contribution in [3.63, 3.8) is 0 Å². The second kappa shape index (κ2) is 9.66. The maximum absolute atomic E-state index is 11.4. The minimum atomic E-state index is -1.12. The molecule has 0 fully saturated rings. The first kappa shape index (κ1) is 16.8. The summed E-state index contributed by atoms with van der Waals surface area (Å²) in [5.41, 5.74) is 0. The average Bonchev–Trinajstić information content (AvgIpc) is 2.43. The van der Waals surface area contributed by atoms with Gasteiger partial charge in [-0.1, -0.05) is 16.9 Å². The Morgan fingerprint density at radius 3 is 2.85 bits per heavy atom. The fourth-order valence-corrected chi connectivity index (χ4v) is 3.42. The number of carboxylic acids is 1. The molecule has 1 rings (SSSR count). The summed E-state index contributed by atoms with van der Waals surface area (Å²) in [6.45, 7) is 1.86. The van der Waals surface area contributed by atoms with Gasteiger partial charge in [0.25, 0.3) is 0 Å². The summed E-state index contributed by atoms with van der Waals surface area (Å²) in [4.78, 5) is 26.6. The Balaban J connectivity index is 2.24. The average molecular weight is 315 g/mol. The molecule has 1 N–H and O–H groups in total. The molecule has 1 aromatic heterocycles. The molecule has 0 aromatic carbocycles. The number of aliphatic carboxylic acids is 1. The van der Waals surface area contributed by atoms with Crippen molar-refractivity contribution in [2.75, 3.05) is 12.4 Å². The molecule has 0 aliphatic heterocycles. The molecule has 1 heterocycles. The summed E-state index contributed by atoms with van der Waals surface area (Å²) >= 11 is 0. The standard InChI is InChI=1S/C13H17NO4S2/c1-2-18-13(17)10(12(15)16)6-5-9-19-20-11-7-3-4-8-14-11/h3-4,7-8,10H,2,5-6,9H2,1H3,(H,15,16). The van der Waals surface area contributed by atoms with Gasteiger partial charge in [0, 0.05) is 11.9 Å². The van der Waals surface area contributed by atoms with E-state index < -0.39 is 17.9 Å². The van der Waals surface area contributed by atoms with Crippen LogP contribution in [0.15, 0.2) is 29.4 Å². The highest BCUT2D eigenvalue weighted by Crippen LogP contribution is 2.30. The lowest BCUT2D eigenvalue weighted by atomic mass is 10.0. The lowest BCUT2D eigenvalue weighted by molar-refractivity contribution is -0.158. The van der Waals surface area contributed by atoms with Crippen molar-refractivity contribution in [1.29, 1.82) is 0 Å². The van der Waals surface area contributed by atoms with Crippen LogP contribution < -0.4 is 0 Å². The van der Waals surface area contributed by atoms with E-state index in [9.17, 15) is 9.59 Å². The van der Waals surface area contributed by atoms with Crippen LogP contribution in [-0.4, -0.2) is 34.4 Å². The molecular formula is C13H17NO4S2. The largest absolute Gasteiger partial charge is 0.481 e. The Kier molecular flexibility index (Phi) is 8.13. The van der Waals surface area contributed by atoms with Crippen molar-refractivity contribution in [2.45, 2.75) is 24.8 Å². The summed E-state index contributed by atoms with van der Waals surface area (Å²) in [5, 5.41) is 9.90. The van der Waals surface area contributed by atoms with Gasteiger partial charge in [-0.05, 0) is 42.7 Å². The number of ether oxygens (including phenoxy) is 1. The molecule has 1 atom stereocenters. The van der Waals surface area contributed by atoms with E-state index in [1.165, 1.54) is 0 Å². The summed E-state index contributed by atoms with van der Waals surface area (Å²) in [6, 6.07) is 5.68. The number of carbonyl (C=O) groups excluding carboxylic acids is 1.